The quantitative estimate of drug-likeness (QED) is 0.465. The third kappa shape index (κ3) is 2.95. The molecule has 0 bridgehead atoms. The van der Waals surface area contributed by atoms with Gasteiger partial charge in [0.2, 0.25) is 0 Å². The van der Waals surface area contributed by atoms with Gasteiger partial charge in [-0.2, -0.15) is 0 Å². The van der Waals surface area contributed by atoms with Gasteiger partial charge in [0.05, 0.1) is 23.8 Å². The van der Waals surface area contributed by atoms with Crippen LogP contribution in [-0.4, -0.2) is 36.1 Å². The molecule has 1 heterocycles. The summed E-state index contributed by atoms with van der Waals surface area (Å²) in [5, 5.41) is 10.8. The number of benzene rings is 1. The molecule has 0 saturated carbocycles. The largest absolute Gasteiger partial charge is 0.379 e. The van der Waals surface area contributed by atoms with Gasteiger partial charge >= 0.3 is 0 Å². The molecular weight excluding hydrogens is 236 g/mol. The second-order valence-electron chi connectivity index (χ2n) is 4.13. The summed E-state index contributed by atoms with van der Waals surface area (Å²) in [6, 6.07) is 4.64. The van der Waals surface area contributed by atoms with Crippen LogP contribution in [0.5, 0.6) is 0 Å². The summed E-state index contributed by atoms with van der Waals surface area (Å²) in [6.45, 7) is 3.67. The molecule has 3 N–H and O–H groups in total. The number of hydrogen-bond donors (Lipinski definition) is 2. The van der Waals surface area contributed by atoms with Crippen LogP contribution in [0.15, 0.2) is 18.2 Å². The maximum Gasteiger partial charge on any atom is 0.269 e. The van der Waals surface area contributed by atoms with E-state index in [1.807, 2.05) is 0 Å². The van der Waals surface area contributed by atoms with Crippen molar-refractivity contribution in [2.24, 2.45) is 5.84 Å². The van der Waals surface area contributed by atoms with Crippen LogP contribution in [0.4, 0.5) is 11.4 Å². The number of hydrogen-bond acceptors (Lipinski definition) is 6. The molecule has 18 heavy (non-hydrogen) atoms. The van der Waals surface area contributed by atoms with Gasteiger partial charge in [-0.1, -0.05) is 0 Å². The monoisotopic (exact) mass is 252 g/mol. The highest BCUT2D eigenvalue weighted by atomic mass is 16.6. The number of ether oxygens (including phenoxy) is 1. The lowest BCUT2D eigenvalue weighted by atomic mass is 10.1. The number of nitrogens with two attached hydrogens (primary N) is 1. The lowest BCUT2D eigenvalue weighted by Gasteiger charge is -2.27. The Hall–Kier alpha value is -1.70. The molecule has 7 heteroatoms. The Kier molecular flexibility index (Phi) is 4.08. The minimum atomic E-state index is -0.400. The Morgan fingerprint density at radius 2 is 2.17 bits per heavy atom. The number of non-ortho nitro benzene ring substituents is 1. The average molecular weight is 252 g/mol. The van der Waals surface area contributed by atoms with E-state index in [0.717, 1.165) is 18.7 Å². The summed E-state index contributed by atoms with van der Waals surface area (Å²) >= 11 is 0. The fourth-order valence-corrected chi connectivity index (χ4v) is 1.97. The van der Waals surface area contributed by atoms with Crippen LogP contribution in [0.1, 0.15) is 5.56 Å². The number of nitro benzene ring substituents is 1. The number of nitro groups is 1. The molecule has 0 atom stereocenters. The van der Waals surface area contributed by atoms with Gasteiger partial charge in [-0.3, -0.25) is 20.9 Å². The molecule has 1 fully saturated rings. The van der Waals surface area contributed by atoms with Crippen LogP contribution in [-0.2, 0) is 11.3 Å². The minimum Gasteiger partial charge on any atom is -0.379 e. The van der Waals surface area contributed by atoms with Crippen LogP contribution in [0.25, 0.3) is 0 Å². The predicted molar refractivity (Wildman–Crippen MR) is 67.0 cm³/mol. The van der Waals surface area contributed by atoms with Gasteiger partial charge in [-0.15, -0.1) is 0 Å². The van der Waals surface area contributed by atoms with Gasteiger partial charge < -0.3 is 10.2 Å². The van der Waals surface area contributed by atoms with E-state index < -0.39 is 4.92 Å². The first-order valence-electron chi connectivity index (χ1n) is 5.75. The van der Waals surface area contributed by atoms with Crippen molar-refractivity contribution in [1.29, 1.82) is 0 Å². The first-order valence-corrected chi connectivity index (χ1v) is 5.75. The van der Waals surface area contributed by atoms with Gasteiger partial charge in [0.25, 0.3) is 5.69 Å². The lowest BCUT2D eigenvalue weighted by molar-refractivity contribution is -0.384. The number of nitrogens with one attached hydrogen (secondary N) is 1. The van der Waals surface area contributed by atoms with Crippen molar-refractivity contribution in [3.05, 3.63) is 33.9 Å². The minimum absolute atomic E-state index is 0.0808. The van der Waals surface area contributed by atoms with E-state index in [0.29, 0.717) is 25.4 Å². The summed E-state index contributed by atoms with van der Waals surface area (Å²) in [5.74, 6) is 5.42. The first kappa shape index (κ1) is 12.7. The zero-order valence-corrected chi connectivity index (χ0v) is 9.96. The van der Waals surface area contributed by atoms with Gasteiger partial charge in [-0.25, -0.2) is 0 Å². The smallest absolute Gasteiger partial charge is 0.269 e. The molecule has 1 aliphatic heterocycles. The van der Waals surface area contributed by atoms with Crippen molar-refractivity contribution in [2.75, 3.05) is 31.7 Å². The molecule has 1 aliphatic rings. The number of rotatable bonds is 4. The molecule has 0 radical (unpaired) electrons. The topological polar surface area (TPSA) is 93.7 Å². The Morgan fingerprint density at radius 1 is 1.44 bits per heavy atom. The third-order valence-electron chi connectivity index (χ3n) is 2.95. The Labute approximate surface area is 105 Å². The zero-order valence-electron chi connectivity index (χ0n) is 9.96. The van der Waals surface area contributed by atoms with Gasteiger partial charge in [-0.05, 0) is 11.6 Å². The molecular formula is C11H16N4O3. The van der Waals surface area contributed by atoms with Crippen molar-refractivity contribution in [3.63, 3.8) is 0 Å². The van der Waals surface area contributed by atoms with Crippen molar-refractivity contribution in [1.82, 2.24) is 4.90 Å². The summed E-state index contributed by atoms with van der Waals surface area (Å²) < 4.78 is 5.27. The fourth-order valence-electron chi connectivity index (χ4n) is 1.97. The van der Waals surface area contributed by atoms with Crippen LogP contribution >= 0.6 is 0 Å². The van der Waals surface area contributed by atoms with E-state index in [4.69, 9.17) is 10.6 Å². The molecule has 2 rings (SSSR count). The van der Waals surface area contributed by atoms with Crippen molar-refractivity contribution >= 4 is 11.4 Å². The fraction of sp³-hybridized carbons (Fsp3) is 0.455. The van der Waals surface area contributed by atoms with Gasteiger partial charge in [0.15, 0.2) is 0 Å². The van der Waals surface area contributed by atoms with E-state index in [9.17, 15) is 10.1 Å². The lowest BCUT2D eigenvalue weighted by Crippen LogP contribution is -2.35. The molecule has 0 amide bonds. The molecule has 1 aromatic carbocycles. The van der Waals surface area contributed by atoms with Crippen molar-refractivity contribution in [3.8, 4) is 0 Å². The molecule has 0 unspecified atom stereocenters. The van der Waals surface area contributed by atoms with Crippen LogP contribution in [0.2, 0.25) is 0 Å². The number of morpholine rings is 1. The molecule has 0 aromatic heterocycles. The second kappa shape index (κ2) is 5.76. The first-order chi connectivity index (χ1) is 8.70. The average Bonchev–Trinajstić information content (AvgIpc) is 2.39. The Balaban J connectivity index is 2.17. The Morgan fingerprint density at radius 3 is 2.78 bits per heavy atom. The summed E-state index contributed by atoms with van der Waals surface area (Å²) in [5.41, 5.74) is 4.19. The standard InChI is InChI=1S/C11H16N4O3/c12-13-11-2-1-10(15(16)17)7-9(11)8-14-3-5-18-6-4-14/h1-2,7,13H,3-6,8,12H2. The number of nitrogen functional groups attached to an aromatic ring is 1. The highest BCUT2D eigenvalue weighted by molar-refractivity contribution is 5.55. The van der Waals surface area contributed by atoms with E-state index in [2.05, 4.69) is 10.3 Å². The number of nitrogens with zero attached hydrogens (tertiary/aromatic N) is 2. The molecule has 7 nitrogen and oxygen atoms in total. The van der Waals surface area contributed by atoms with Crippen molar-refractivity contribution in [2.45, 2.75) is 6.54 Å². The number of hydrazine groups is 1. The Bertz CT molecular complexity index is 432. The summed E-state index contributed by atoms with van der Waals surface area (Å²) in [7, 11) is 0. The zero-order chi connectivity index (χ0) is 13.0. The van der Waals surface area contributed by atoms with Gasteiger partial charge in [0, 0.05) is 31.8 Å². The van der Waals surface area contributed by atoms with E-state index in [1.165, 1.54) is 6.07 Å². The highest BCUT2D eigenvalue weighted by Crippen LogP contribution is 2.23. The van der Waals surface area contributed by atoms with Crippen LogP contribution in [0, 0.1) is 10.1 Å². The summed E-state index contributed by atoms with van der Waals surface area (Å²) in [4.78, 5) is 12.5. The number of anilines is 1. The van der Waals surface area contributed by atoms with E-state index in [-0.39, 0.29) is 5.69 Å². The second-order valence-corrected chi connectivity index (χ2v) is 4.13. The maximum atomic E-state index is 10.8. The van der Waals surface area contributed by atoms with Crippen LogP contribution in [0.3, 0.4) is 0 Å². The predicted octanol–water partition coefficient (Wildman–Crippen LogP) is 0.713. The van der Waals surface area contributed by atoms with E-state index >= 15 is 0 Å². The maximum absolute atomic E-state index is 10.8. The molecule has 0 spiro atoms. The molecule has 1 aromatic rings. The summed E-state index contributed by atoms with van der Waals surface area (Å²) in [6.07, 6.45) is 0. The highest BCUT2D eigenvalue weighted by Gasteiger charge is 2.15. The molecule has 98 valence electrons. The molecule has 0 aliphatic carbocycles. The normalized spacial score (nSPS) is 16.5. The van der Waals surface area contributed by atoms with E-state index in [1.54, 1.807) is 12.1 Å². The van der Waals surface area contributed by atoms with Gasteiger partial charge in [0.1, 0.15) is 0 Å². The SMILES string of the molecule is NNc1ccc([N+](=O)[O-])cc1CN1CCOCC1. The molecule has 1 saturated heterocycles. The third-order valence-corrected chi connectivity index (χ3v) is 2.95. The van der Waals surface area contributed by atoms with Crippen molar-refractivity contribution < 1.29 is 9.66 Å². The van der Waals surface area contributed by atoms with Crippen LogP contribution < -0.4 is 11.3 Å².